The summed E-state index contributed by atoms with van der Waals surface area (Å²) in [6, 6.07) is 7.59. The average Bonchev–Trinajstić information content (AvgIpc) is 2.29. The lowest BCUT2D eigenvalue weighted by Gasteiger charge is -2.07. The molecule has 1 aromatic rings. The van der Waals surface area contributed by atoms with Crippen LogP contribution in [0, 0.1) is 21.4 Å². The lowest BCUT2D eigenvalue weighted by molar-refractivity contribution is -0.384. The van der Waals surface area contributed by atoms with Crippen molar-refractivity contribution >= 4 is 28.6 Å². The first-order valence-corrected chi connectivity index (χ1v) is 5.28. The normalized spacial score (nSPS) is 11.1. The second-order valence-electron chi connectivity index (χ2n) is 3.43. The van der Waals surface area contributed by atoms with Crippen LogP contribution in [0.5, 0.6) is 0 Å². The molecule has 0 unspecified atom stereocenters. The van der Waals surface area contributed by atoms with Gasteiger partial charge >= 0.3 is 0 Å². The molecule has 0 heterocycles. The Morgan fingerprint density at radius 1 is 1.50 bits per heavy atom. The number of hydrogen-bond donors (Lipinski definition) is 2. The summed E-state index contributed by atoms with van der Waals surface area (Å²) in [6.07, 6.45) is 0. The zero-order chi connectivity index (χ0) is 13.7. The number of benzene rings is 1. The van der Waals surface area contributed by atoms with Gasteiger partial charge in [0.15, 0.2) is 0 Å². The van der Waals surface area contributed by atoms with Crippen molar-refractivity contribution in [3.05, 3.63) is 45.6 Å². The van der Waals surface area contributed by atoms with E-state index < -0.39 is 4.92 Å². The van der Waals surface area contributed by atoms with Crippen molar-refractivity contribution in [2.75, 3.05) is 5.32 Å². The van der Waals surface area contributed by atoms with Gasteiger partial charge < -0.3 is 11.1 Å². The van der Waals surface area contributed by atoms with E-state index in [1.165, 1.54) is 24.3 Å². The number of nitrogens with zero attached hydrogens (tertiary/aromatic N) is 2. The average molecular weight is 262 g/mol. The molecule has 7 heteroatoms. The molecular formula is C11H10N4O2S. The maximum Gasteiger partial charge on any atom is 0.269 e. The Kier molecular flexibility index (Phi) is 4.34. The maximum atomic E-state index is 10.5. The third kappa shape index (κ3) is 3.26. The summed E-state index contributed by atoms with van der Waals surface area (Å²) < 4.78 is 0. The lowest BCUT2D eigenvalue weighted by atomic mass is 10.2. The van der Waals surface area contributed by atoms with Gasteiger partial charge in [-0.1, -0.05) is 12.2 Å². The Labute approximate surface area is 109 Å². The first-order chi connectivity index (χ1) is 8.45. The van der Waals surface area contributed by atoms with E-state index in [0.29, 0.717) is 11.4 Å². The van der Waals surface area contributed by atoms with Gasteiger partial charge in [-0.2, -0.15) is 5.26 Å². The standard InChI is InChI=1S/C11H10N4O2S/c1-7(13)10(6-12)11(18)14-8-2-4-9(5-3-8)15(16)17/h2-5H,13H2,1H3,(H,14,18)/b10-7+. The van der Waals surface area contributed by atoms with E-state index >= 15 is 0 Å². The van der Waals surface area contributed by atoms with Crippen LogP contribution < -0.4 is 11.1 Å². The molecule has 1 rings (SSSR count). The molecule has 18 heavy (non-hydrogen) atoms. The summed E-state index contributed by atoms with van der Waals surface area (Å²) in [5, 5.41) is 22.1. The highest BCUT2D eigenvalue weighted by Gasteiger charge is 2.08. The minimum atomic E-state index is -0.493. The van der Waals surface area contributed by atoms with Gasteiger partial charge in [-0.05, 0) is 19.1 Å². The molecule has 0 radical (unpaired) electrons. The molecule has 92 valence electrons. The number of allylic oxidation sites excluding steroid dienone is 1. The van der Waals surface area contributed by atoms with Crippen LogP contribution in [0.1, 0.15) is 6.92 Å². The zero-order valence-corrected chi connectivity index (χ0v) is 10.3. The predicted molar refractivity (Wildman–Crippen MR) is 71.8 cm³/mol. The van der Waals surface area contributed by atoms with Crippen molar-refractivity contribution in [3.63, 3.8) is 0 Å². The van der Waals surface area contributed by atoms with Gasteiger partial charge in [0, 0.05) is 23.5 Å². The summed E-state index contributed by atoms with van der Waals surface area (Å²) in [6.45, 7) is 1.57. The van der Waals surface area contributed by atoms with Crippen LogP contribution in [0.25, 0.3) is 0 Å². The van der Waals surface area contributed by atoms with E-state index in [9.17, 15) is 10.1 Å². The molecule has 0 aliphatic heterocycles. The highest BCUT2D eigenvalue weighted by molar-refractivity contribution is 7.81. The minimum absolute atomic E-state index is 0.0162. The molecule has 0 saturated carbocycles. The molecule has 3 N–H and O–H groups in total. The second-order valence-corrected chi connectivity index (χ2v) is 3.84. The lowest BCUT2D eigenvalue weighted by Crippen LogP contribution is -2.14. The third-order valence-corrected chi connectivity index (χ3v) is 2.38. The summed E-state index contributed by atoms with van der Waals surface area (Å²) in [4.78, 5) is 10.2. The summed E-state index contributed by atoms with van der Waals surface area (Å²) in [5.74, 6) is 0. The van der Waals surface area contributed by atoms with E-state index in [4.69, 9.17) is 23.2 Å². The van der Waals surface area contributed by atoms with Crippen molar-refractivity contribution in [2.45, 2.75) is 6.92 Å². The van der Waals surface area contributed by atoms with Gasteiger partial charge in [-0.3, -0.25) is 10.1 Å². The number of rotatable bonds is 3. The summed E-state index contributed by atoms with van der Waals surface area (Å²) in [5.41, 5.74) is 6.55. The number of thiocarbonyl (C=S) groups is 1. The first kappa shape index (κ1) is 13.6. The van der Waals surface area contributed by atoms with E-state index in [0.717, 1.165) is 0 Å². The van der Waals surface area contributed by atoms with Crippen molar-refractivity contribution in [1.82, 2.24) is 0 Å². The van der Waals surface area contributed by atoms with Gasteiger partial charge in [-0.25, -0.2) is 0 Å². The number of nitro groups is 1. The summed E-state index contributed by atoms with van der Waals surface area (Å²) in [7, 11) is 0. The van der Waals surface area contributed by atoms with Gasteiger partial charge in [-0.15, -0.1) is 0 Å². The monoisotopic (exact) mass is 262 g/mol. The molecule has 1 aromatic carbocycles. The minimum Gasteiger partial charge on any atom is -0.401 e. The molecule has 0 amide bonds. The largest absolute Gasteiger partial charge is 0.401 e. The smallest absolute Gasteiger partial charge is 0.269 e. The first-order valence-electron chi connectivity index (χ1n) is 4.88. The Morgan fingerprint density at radius 2 is 2.06 bits per heavy atom. The number of nitrogens with two attached hydrogens (primary N) is 1. The maximum absolute atomic E-state index is 10.5. The van der Waals surface area contributed by atoms with Crippen LogP contribution in [0.15, 0.2) is 35.5 Å². The number of nitro benzene ring substituents is 1. The molecule has 0 aliphatic carbocycles. The van der Waals surface area contributed by atoms with Crippen molar-refractivity contribution in [3.8, 4) is 6.07 Å². The SMILES string of the molecule is C/C(N)=C(/C#N)C(=S)Nc1ccc([N+](=O)[O-])cc1. The van der Waals surface area contributed by atoms with Gasteiger partial charge in [0.2, 0.25) is 0 Å². The van der Waals surface area contributed by atoms with Crippen molar-refractivity contribution in [1.29, 1.82) is 5.26 Å². The molecule has 0 spiro atoms. The quantitative estimate of drug-likeness (QED) is 0.284. The molecule has 0 saturated heterocycles. The Morgan fingerprint density at radius 3 is 2.44 bits per heavy atom. The van der Waals surface area contributed by atoms with Gasteiger partial charge in [0.1, 0.15) is 16.6 Å². The van der Waals surface area contributed by atoms with E-state index in [1.807, 2.05) is 6.07 Å². The summed E-state index contributed by atoms with van der Waals surface area (Å²) >= 11 is 5.01. The van der Waals surface area contributed by atoms with Crippen LogP contribution in [-0.2, 0) is 0 Å². The van der Waals surface area contributed by atoms with E-state index in [-0.39, 0.29) is 16.2 Å². The van der Waals surface area contributed by atoms with Gasteiger partial charge in [0.05, 0.1) is 4.92 Å². The number of nitrogens with one attached hydrogen (secondary N) is 1. The fourth-order valence-corrected chi connectivity index (χ4v) is 1.50. The topological polar surface area (TPSA) is 105 Å². The number of anilines is 1. The molecular weight excluding hydrogens is 252 g/mol. The molecule has 0 fully saturated rings. The fourth-order valence-electron chi connectivity index (χ4n) is 1.18. The second kappa shape index (κ2) is 5.75. The van der Waals surface area contributed by atoms with Crippen molar-refractivity contribution in [2.24, 2.45) is 5.73 Å². The molecule has 0 aliphatic rings. The Balaban J connectivity index is 2.87. The van der Waals surface area contributed by atoms with Gasteiger partial charge in [0.25, 0.3) is 5.69 Å². The third-order valence-electron chi connectivity index (χ3n) is 2.07. The molecule has 0 aromatic heterocycles. The number of hydrogen-bond acceptors (Lipinski definition) is 5. The van der Waals surface area contributed by atoms with Crippen LogP contribution in [0.2, 0.25) is 0 Å². The number of nitriles is 1. The van der Waals surface area contributed by atoms with Crippen LogP contribution >= 0.6 is 12.2 Å². The van der Waals surface area contributed by atoms with Crippen molar-refractivity contribution < 1.29 is 4.92 Å². The molecule has 0 atom stereocenters. The molecule has 6 nitrogen and oxygen atoms in total. The van der Waals surface area contributed by atoms with E-state index in [1.54, 1.807) is 6.92 Å². The number of non-ortho nitro benzene ring substituents is 1. The highest BCUT2D eigenvalue weighted by atomic mass is 32.1. The van der Waals surface area contributed by atoms with Crippen LogP contribution in [0.4, 0.5) is 11.4 Å². The Bertz CT molecular complexity index is 553. The van der Waals surface area contributed by atoms with Crippen LogP contribution in [0.3, 0.4) is 0 Å². The predicted octanol–water partition coefficient (Wildman–Crippen LogP) is 2.09. The zero-order valence-electron chi connectivity index (χ0n) is 9.51. The fraction of sp³-hybridized carbons (Fsp3) is 0.0909. The highest BCUT2D eigenvalue weighted by Crippen LogP contribution is 2.16. The van der Waals surface area contributed by atoms with E-state index in [2.05, 4.69) is 5.32 Å². The Hall–Kier alpha value is -2.46. The molecule has 0 bridgehead atoms. The van der Waals surface area contributed by atoms with Crippen LogP contribution in [-0.4, -0.2) is 9.91 Å².